The molecule has 0 saturated carbocycles. The molecule has 0 fully saturated rings. The van der Waals surface area contributed by atoms with E-state index in [1.54, 1.807) is 48.5 Å². The van der Waals surface area contributed by atoms with E-state index in [2.05, 4.69) is 5.32 Å². The summed E-state index contributed by atoms with van der Waals surface area (Å²) in [4.78, 5) is 23.1. The highest BCUT2D eigenvalue weighted by molar-refractivity contribution is 6.02. The van der Waals surface area contributed by atoms with Gasteiger partial charge in [-0.15, -0.1) is 0 Å². The predicted octanol–water partition coefficient (Wildman–Crippen LogP) is 3.50. The molecule has 96 valence electrons. The van der Waals surface area contributed by atoms with Gasteiger partial charge in [0.15, 0.2) is 5.78 Å². The quantitative estimate of drug-likeness (QED) is 0.854. The van der Waals surface area contributed by atoms with Gasteiger partial charge in [0.2, 0.25) is 0 Å². The molecule has 1 amide bonds. The molecule has 4 nitrogen and oxygen atoms in total. The van der Waals surface area contributed by atoms with Crippen molar-refractivity contribution < 1.29 is 14.3 Å². The van der Waals surface area contributed by atoms with Crippen molar-refractivity contribution in [2.24, 2.45) is 0 Å². The molecule has 0 aliphatic rings. The van der Waals surface area contributed by atoms with Gasteiger partial charge < -0.3 is 4.74 Å². The standard InChI is InChI=1S/C15H13NO3/c1-11(17)13-9-5-6-10-14(13)16-15(18)19-12-7-3-2-4-8-12/h2-10H,1H3,(H,16,18). The Hall–Kier alpha value is -2.62. The molecule has 1 N–H and O–H groups in total. The monoisotopic (exact) mass is 255 g/mol. The summed E-state index contributed by atoms with van der Waals surface area (Å²) in [6, 6.07) is 15.5. The molecule has 2 aromatic carbocycles. The Morgan fingerprint density at radius 2 is 1.58 bits per heavy atom. The van der Waals surface area contributed by atoms with E-state index < -0.39 is 6.09 Å². The Morgan fingerprint density at radius 1 is 0.947 bits per heavy atom. The third-order valence-electron chi connectivity index (χ3n) is 2.50. The predicted molar refractivity (Wildman–Crippen MR) is 72.5 cm³/mol. The first kappa shape index (κ1) is 12.8. The molecule has 0 aliphatic heterocycles. The van der Waals surface area contributed by atoms with Gasteiger partial charge in [-0.2, -0.15) is 0 Å². The summed E-state index contributed by atoms with van der Waals surface area (Å²) in [7, 11) is 0. The van der Waals surface area contributed by atoms with Gasteiger partial charge in [0.25, 0.3) is 0 Å². The van der Waals surface area contributed by atoms with Gasteiger partial charge in [0, 0.05) is 5.56 Å². The highest BCUT2D eigenvalue weighted by Gasteiger charge is 2.10. The van der Waals surface area contributed by atoms with Crippen LogP contribution in [0.2, 0.25) is 0 Å². The summed E-state index contributed by atoms with van der Waals surface area (Å²) in [5, 5.41) is 2.56. The summed E-state index contributed by atoms with van der Waals surface area (Å²) >= 11 is 0. The number of anilines is 1. The lowest BCUT2D eigenvalue weighted by atomic mass is 10.1. The molecule has 0 saturated heterocycles. The molecule has 0 atom stereocenters. The number of ketones is 1. The fourth-order valence-electron chi connectivity index (χ4n) is 1.63. The Labute approximate surface area is 111 Å². The fourth-order valence-corrected chi connectivity index (χ4v) is 1.63. The number of Topliss-reactive ketones (excluding diaryl/α,β-unsaturated/α-hetero) is 1. The second-order valence-electron chi connectivity index (χ2n) is 3.93. The number of amides is 1. The van der Waals surface area contributed by atoms with Crippen molar-refractivity contribution in [3.63, 3.8) is 0 Å². The highest BCUT2D eigenvalue weighted by atomic mass is 16.6. The van der Waals surface area contributed by atoms with Crippen LogP contribution in [0.4, 0.5) is 10.5 Å². The van der Waals surface area contributed by atoms with Gasteiger partial charge in [-0.3, -0.25) is 10.1 Å². The Kier molecular flexibility index (Phi) is 3.93. The molecule has 0 heterocycles. The molecule has 0 aromatic heterocycles. The zero-order valence-electron chi connectivity index (χ0n) is 10.4. The van der Waals surface area contributed by atoms with Crippen molar-refractivity contribution in [3.05, 3.63) is 60.2 Å². The lowest BCUT2D eigenvalue weighted by Gasteiger charge is -2.09. The Morgan fingerprint density at radius 3 is 2.26 bits per heavy atom. The van der Waals surface area contributed by atoms with Gasteiger partial charge in [-0.1, -0.05) is 30.3 Å². The molecule has 4 heteroatoms. The van der Waals surface area contributed by atoms with Crippen LogP contribution in [0.3, 0.4) is 0 Å². The maximum atomic E-state index is 11.7. The van der Waals surface area contributed by atoms with Crippen molar-refractivity contribution in [2.75, 3.05) is 5.32 Å². The van der Waals surface area contributed by atoms with Crippen LogP contribution in [0, 0.1) is 0 Å². The van der Waals surface area contributed by atoms with Crippen LogP contribution in [0.1, 0.15) is 17.3 Å². The topological polar surface area (TPSA) is 55.4 Å². The average molecular weight is 255 g/mol. The zero-order valence-corrected chi connectivity index (χ0v) is 10.4. The van der Waals surface area contributed by atoms with E-state index in [-0.39, 0.29) is 5.78 Å². The van der Waals surface area contributed by atoms with E-state index in [4.69, 9.17) is 4.74 Å². The normalized spacial score (nSPS) is 9.74. The number of nitrogens with one attached hydrogen (secondary N) is 1. The van der Waals surface area contributed by atoms with Crippen LogP contribution in [-0.4, -0.2) is 11.9 Å². The zero-order chi connectivity index (χ0) is 13.7. The number of carbonyl (C=O) groups is 2. The minimum atomic E-state index is -0.625. The molecule has 0 aliphatic carbocycles. The molecular weight excluding hydrogens is 242 g/mol. The van der Waals surface area contributed by atoms with Crippen LogP contribution in [-0.2, 0) is 0 Å². The SMILES string of the molecule is CC(=O)c1ccccc1NC(=O)Oc1ccccc1. The first-order valence-corrected chi connectivity index (χ1v) is 5.80. The molecule has 2 rings (SSSR count). The third-order valence-corrected chi connectivity index (χ3v) is 2.50. The first-order valence-electron chi connectivity index (χ1n) is 5.80. The van der Waals surface area contributed by atoms with Crippen molar-refractivity contribution in [3.8, 4) is 5.75 Å². The molecule has 2 aromatic rings. The summed E-state index contributed by atoms with van der Waals surface area (Å²) in [5.74, 6) is 0.330. The van der Waals surface area contributed by atoms with Crippen LogP contribution < -0.4 is 10.1 Å². The van der Waals surface area contributed by atoms with Gasteiger partial charge in [-0.25, -0.2) is 4.79 Å². The molecular formula is C15H13NO3. The minimum absolute atomic E-state index is 0.115. The summed E-state index contributed by atoms with van der Waals surface area (Å²) in [6.45, 7) is 1.45. The Bertz CT molecular complexity index is 593. The number of hydrogen-bond acceptors (Lipinski definition) is 3. The van der Waals surface area contributed by atoms with Gasteiger partial charge in [0.05, 0.1) is 5.69 Å². The maximum absolute atomic E-state index is 11.7. The first-order chi connectivity index (χ1) is 9.16. The third kappa shape index (κ3) is 3.42. The summed E-state index contributed by atoms with van der Waals surface area (Å²) in [5.41, 5.74) is 0.892. The van der Waals surface area contributed by atoms with Gasteiger partial charge in [-0.05, 0) is 31.2 Å². The van der Waals surface area contributed by atoms with Crippen LogP contribution in [0.15, 0.2) is 54.6 Å². The number of rotatable bonds is 3. The van der Waals surface area contributed by atoms with Crippen LogP contribution >= 0.6 is 0 Å². The fraction of sp³-hybridized carbons (Fsp3) is 0.0667. The average Bonchev–Trinajstić information content (AvgIpc) is 2.40. The van der Waals surface area contributed by atoms with E-state index in [1.807, 2.05) is 6.07 Å². The number of carbonyl (C=O) groups excluding carboxylic acids is 2. The number of benzene rings is 2. The van der Waals surface area contributed by atoms with Crippen molar-refractivity contribution >= 4 is 17.6 Å². The molecule has 0 unspecified atom stereocenters. The smallest absolute Gasteiger partial charge is 0.410 e. The Balaban J connectivity index is 2.09. The number of ether oxygens (including phenoxy) is 1. The molecule has 19 heavy (non-hydrogen) atoms. The van der Waals surface area contributed by atoms with E-state index in [0.29, 0.717) is 17.0 Å². The lowest BCUT2D eigenvalue weighted by Crippen LogP contribution is -2.18. The van der Waals surface area contributed by atoms with E-state index >= 15 is 0 Å². The maximum Gasteiger partial charge on any atom is 0.417 e. The van der Waals surface area contributed by atoms with Crippen LogP contribution in [0.5, 0.6) is 5.75 Å². The lowest BCUT2D eigenvalue weighted by molar-refractivity contribution is 0.101. The highest BCUT2D eigenvalue weighted by Crippen LogP contribution is 2.16. The summed E-state index contributed by atoms with van der Waals surface area (Å²) in [6.07, 6.45) is -0.625. The van der Waals surface area contributed by atoms with E-state index in [0.717, 1.165) is 0 Å². The number of para-hydroxylation sites is 2. The summed E-state index contributed by atoms with van der Waals surface area (Å²) < 4.78 is 5.09. The second-order valence-corrected chi connectivity index (χ2v) is 3.93. The number of hydrogen-bond donors (Lipinski definition) is 1. The van der Waals surface area contributed by atoms with Crippen molar-refractivity contribution in [1.82, 2.24) is 0 Å². The minimum Gasteiger partial charge on any atom is -0.410 e. The molecule has 0 bridgehead atoms. The molecule has 0 spiro atoms. The van der Waals surface area contributed by atoms with Crippen molar-refractivity contribution in [1.29, 1.82) is 0 Å². The van der Waals surface area contributed by atoms with Gasteiger partial charge >= 0.3 is 6.09 Å². The van der Waals surface area contributed by atoms with Gasteiger partial charge in [0.1, 0.15) is 5.75 Å². The van der Waals surface area contributed by atoms with Crippen molar-refractivity contribution in [2.45, 2.75) is 6.92 Å². The van der Waals surface area contributed by atoms with Crippen LogP contribution in [0.25, 0.3) is 0 Å². The molecule has 0 radical (unpaired) electrons. The second kappa shape index (κ2) is 5.82. The van der Waals surface area contributed by atoms with E-state index in [9.17, 15) is 9.59 Å². The largest absolute Gasteiger partial charge is 0.417 e. The van der Waals surface area contributed by atoms with E-state index in [1.165, 1.54) is 6.92 Å².